The van der Waals surface area contributed by atoms with E-state index < -0.39 is 0 Å². The topological polar surface area (TPSA) is 71.8 Å². The van der Waals surface area contributed by atoms with E-state index in [4.69, 9.17) is 4.74 Å². The smallest absolute Gasteiger partial charge is 0.310 e. The third-order valence-electron chi connectivity index (χ3n) is 5.22. The number of carbonyl (C=O) groups is 1. The maximum absolute atomic E-state index is 12.2. The Hall–Kier alpha value is -2.83. The number of esters is 1. The van der Waals surface area contributed by atoms with Crippen molar-refractivity contribution in [2.45, 2.75) is 40.2 Å². The molecule has 0 bridgehead atoms. The fourth-order valence-corrected chi connectivity index (χ4v) is 3.87. The monoisotopic (exact) mass is 397 g/mol. The van der Waals surface area contributed by atoms with Crippen LogP contribution in [-0.4, -0.2) is 53.4 Å². The van der Waals surface area contributed by atoms with Crippen molar-refractivity contribution in [3.05, 3.63) is 47.3 Å². The molecule has 1 unspecified atom stereocenters. The minimum Gasteiger partial charge on any atom is -0.466 e. The quantitative estimate of drug-likeness (QED) is 0.477. The minimum absolute atomic E-state index is 0.0933. The Bertz CT molecular complexity index is 874. The van der Waals surface area contributed by atoms with E-state index in [1.165, 1.54) is 0 Å². The largest absolute Gasteiger partial charge is 0.466 e. The number of hydrogen-bond acceptors (Lipinski definition) is 4. The van der Waals surface area contributed by atoms with Crippen molar-refractivity contribution in [1.29, 1.82) is 0 Å². The van der Waals surface area contributed by atoms with Gasteiger partial charge in [-0.05, 0) is 51.3 Å². The molecule has 1 N–H and O–H groups in total. The molecule has 3 rings (SSSR count). The van der Waals surface area contributed by atoms with E-state index in [9.17, 15) is 4.79 Å². The van der Waals surface area contributed by atoms with E-state index in [2.05, 4.69) is 45.4 Å². The standard InChI is InChI=1S/C22H31N5O2/c1-5-29-21(28)19-10-8-12-26(15-19)22(23-4)24-14-18-9-6-7-11-20(18)27-17(3)13-16(2)25-27/h6-7,9,11,13,19H,5,8,10,12,14-15H2,1-4H3,(H,23,24). The van der Waals surface area contributed by atoms with Gasteiger partial charge in [-0.25, -0.2) is 4.68 Å². The van der Waals surface area contributed by atoms with Crippen molar-refractivity contribution >= 4 is 11.9 Å². The number of rotatable bonds is 5. The van der Waals surface area contributed by atoms with E-state index >= 15 is 0 Å². The molecule has 1 aliphatic rings. The van der Waals surface area contributed by atoms with Gasteiger partial charge in [-0.1, -0.05) is 18.2 Å². The third kappa shape index (κ3) is 4.96. The number of piperidine rings is 1. The van der Waals surface area contributed by atoms with Crippen LogP contribution in [0.4, 0.5) is 0 Å². The van der Waals surface area contributed by atoms with Crippen LogP contribution in [0.2, 0.25) is 0 Å². The predicted molar refractivity (Wildman–Crippen MR) is 114 cm³/mol. The van der Waals surface area contributed by atoms with Gasteiger partial charge in [-0.2, -0.15) is 5.10 Å². The zero-order valence-corrected chi connectivity index (χ0v) is 17.8. The molecule has 0 spiro atoms. The van der Waals surface area contributed by atoms with Gasteiger partial charge in [-0.15, -0.1) is 0 Å². The summed E-state index contributed by atoms with van der Waals surface area (Å²) in [6, 6.07) is 10.3. The van der Waals surface area contributed by atoms with Crippen LogP contribution in [0, 0.1) is 19.8 Å². The molecular formula is C22H31N5O2. The number of aromatic nitrogens is 2. The second-order valence-electron chi connectivity index (χ2n) is 7.41. The summed E-state index contributed by atoms with van der Waals surface area (Å²) in [5.74, 6) is 0.605. The van der Waals surface area contributed by atoms with Crippen LogP contribution in [0.5, 0.6) is 0 Å². The van der Waals surface area contributed by atoms with Crippen LogP contribution in [0.15, 0.2) is 35.3 Å². The van der Waals surface area contributed by atoms with Crippen LogP contribution < -0.4 is 5.32 Å². The summed E-state index contributed by atoms with van der Waals surface area (Å²) in [5.41, 5.74) is 4.30. The average molecular weight is 398 g/mol. The lowest BCUT2D eigenvalue weighted by Crippen LogP contribution is -2.48. The van der Waals surface area contributed by atoms with Gasteiger partial charge < -0.3 is 15.0 Å². The molecule has 7 heteroatoms. The molecule has 1 atom stereocenters. The predicted octanol–water partition coefficient (Wildman–Crippen LogP) is 2.84. The van der Waals surface area contributed by atoms with Crippen LogP contribution >= 0.6 is 0 Å². The lowest BCUT2D eigenvalue weighted by Gasteiger charge is -2.34. The molecule has 1 aromatic heterocycles. The van der Waals surface area contributed by atoms with E-state index in [0.717, 1.165) is 48.0 Å². The number of ether oxygens (including phenoxy) is 1. The maximum Gasteiger partial charge on any atom is 0.310 e. The molecule has 2 aromatic rings. The van der Waals surface area contributed by atoms with Crippen LogP contribution in [0.3, 0.4) is 0 Å². The molecule has 1 aromatic carbocycles. The molecule has 0 saturated carbocycles. The fourth-order valence-electron chi connectivity index (χ4n) is 3.87. The Kier molecular flexibility index (Phi) is 6.90. The van der Waals surface area contributed by atoms with Gasteiger partial charge >= 0.3 is 5.97 Å². The molecule has 1 aliphatic heterocycles. The van der Waals surface area contributed by atoms with E-state index in [-0.39, 0.29) is 11.9 Å². The van der Waals surface area contributed by atoms with Crippen molar-refractivity contribution < 1.29 is 9.53 Å². The third-order valence-corrected chi connectivity index (χ3v) is 5.22. The van der Waals surface area contributed by atoms with Crippen LogP contribution in [0.25, 0.3) is 5.69 Å². The van der Waals surface area contributed by atoms with Crippen molar-refractivity contribution in [2.75, 3.05) is 26.7 Å². The van der Waals surface area contributed by atoms with E-state index in [0.29, 0.717) is 19.7 Å². The van der Waals surface area contributed by atoms with E-state index in [1.54, 1.807) is 7.05 Å². The number of nitrogens with one attached hydrogen (secondary N) is 1. The summed E-state index contributed by atoms with van der Waals surface area (Å²) in [6.45, 7) is 8.48. The van der Waals surface area contributed by atoms with Gasteiger partial charge in [-0.3, -0.25) is 9.79 Å². The second kappa shape index (κ2) is 9.58. The SMILES string of the molecule is CCOC(=O)C1CCCN(C(=NC)NCc2ccccc2-n2nc(C)cc2C)C1. The zero-order valence-electron chi connectivity index (χ0n) is 17.8. The molecule has 2 heterocycles. The normalized spacial score (nSPS) is 17.3. The van der Waals surface area contributed by atoms with Crippen molar-refractivity contribution in [3.8, 4) is 5.69 Å². The highest BCUT2D eigenvalue weighted by atomic mass is 16.5. The van der Waals surface area contributed by atoms with Crippen LogP contribution in [0.1, 0.15) is 36.7 Å². The number of nitrogens with zero attached hydrogens (tertiary/aromatic N) is 4. The van der Waals surface area contributed by atoms with Gasteiger partial charge in [0, 0.05) is 32.4 Å². The Morgan fingerprint density at radius 1 is 1.34 bits per heavy atom. The first-order valence-electron chi connectivity index (χ1n) is 10.3. The number of guanidine groups is 1. The molecule has 1 fully saturated rings. The fraction of sp³-hybridized carbons (Fsp3) is 0.500. The molecule has 0 amide bonds. The molecule has 7 nitrogen and oxygen atoms in total. The number of likely N-dealkylation sites (tertiary alicyclic amines) is 1. The number of carbonyl (C=O) groups excluding carboxylic acids is 1. The summed E-state index contributed by atoms with van der Waals surface area (Å²) in [5, 5.41) is 8.09. The Morgan fingerprint density at radius 2 is 2.14 bits per heavy atom. The molecule has 29 heavy (non-hydrogen) atoms. The summed E-state index contributed by atoms with van der Waals surface area (Å²) in [6.07, 6.45) is 1.82. The molecule has 0 aliphatic carbocycles. The zero-order chi connectivity index (χ0) is 20.8. The van der Waals surface area contributed by atoms with Crippen molar-refractivity contribution in [1.82, 2.24) is 20.0 Å². The van der Waals surface area contributed by atoms with Gasteiger partial charge in [0.05, 0.1) is 23.9 Å². The van der Waals surface area contributed by atoms with Gasteiger partial charge in [0.2, 0.25) is 0 Å². The first-order chi connectivity index (χ1) is 14.0. The average Bonchev–Trinajstić information content (AvgIpc) is 3.07. The second-order valence-corrected chi connectivity index (χ2v) is 7.41. The van der Waals surface area contributed by atoms with Gasteiger partial charge in [0.25, 0.3) is 0 Å². The number of aryl methyl sites for hydroxylation is 2. The summed E-state index contributed by atoms with van der Waals surface area (Å²) < 4.78 is 7.19. The lowest BCUT2D eigenvalue weighted by molar-refractivity contribution is -0.149. The Morgan fingerprint density at radius 3 is 2.83 bits per heavy atom. The first-order valence-corrected chi connectivity index (χ1v) is 10.3. The van der Waals surface area contributed by atoms with Gasteiger partial charge in [0.1, 0.15) is 0 Å². The number of benzene rings is 1. The first kappa shape index (κ1) is 20.9. The number of aliphatic imine (C=N–C) groups is 1. The summed E-state index contributed by atoms with van der Waals surface area (Å²) in [7, 11) is 1.78. The van der Waals surface area contributed by atoms with Crippen molar-refractivity contribution in [2.24, 2.45) is 10.9 Å². The summed E-state index contributed by atoms with van der Waals surface area (Å²) >= 11 is 0. The molecule has 0 radical (unpaired) electrons. The highest BCUT2D eigenvalue weighted by Crippen LogP contribution is 2.19. The Labute approximate surface area is 172 Å². The molecule has 156 valence electrons. The minimum atomic E-state index is -0.109. The molecule has 1 saturated heterocycles. The Balaban J connectivity index is 1.70. The number of para-hydroxylation sites is 1. The van der Waals surface area contributed by atoms with Gasteiger partial charge in [0.15, 0.2) is 5.96 Å². The van der Waals surface area contributed by atoms with Crippen molar-refractivity contribution in [3.63, 3.8) is 0 Å². The number of hydrogen-bond donors (Lipinski definition) is 1. The maximum atomic E-state index is 12.2. The lowest BCUT2D eigenvalue weighted by atomic mass is 9.98. The summed E-state index contributed by atoms with van der Waals surface area (Å²) in [4.78, 5) is 18.7. The van der Waals surface area contributed by atoms with Crippen LogP contribution in [-0.2, 0) is 16.1 Å². The van der Waals surface area contributed by atoms with E-state index in [1.807, 2.05) is 30.7 Å². The molecular weight excluding hydrogens is 366 g/mol. The highest BCUT2D eigenvalue weighted by molar-refractivity contribution is 5.81. The highest BCUT2D eigenvalue weighted by Gasteiger charge is 2.28.